The molecule has 0 aromatic carbocycles. The zero-order valence-electron chi connectivity index (χ0n) is 8.91. The predicted octanol–water partition coefficient (Wildman–Crippen LogP) is -0.950. The van der Waals surface area contributed by atoms with Gasteiger partial charge in [0.15, 0.2) is 18.5 Å². The normalized spacial score (nSPS) is 10.9. The van der Waals surface area contributed by atoms with Crippen LogP contribution in [0.3, 0.4) is 0 Å². The van der Waals surface area contributed by atoms with Crippen molar-refractivity contribution in [3.63, 3.8) is 0 Å². The molecule has 4 nitrogen and oxygen atoms in total. The quantitative estimate of drug-likeness (QED) is 0.548. The zero-order chi connectivity index (χ0) is 10.7. The number of hydrogen-bond donors (Lipinski definition) is 3. The van der Waals surface area contributed by atoms with Gasteiger partial charge < -0.3 is 15.1 Å². The number of nitrogens with one attached hydrogen (secondary N) is 1. The van der Waals surface area contributed by atoms with Crippen molar-refractivity contribution in [3.8, 4) is 11.5 Å². The smallest absolute Gasteiger partial charge is 0.282 e. The van der Waals surface area contributed by atoms with Gasteiger partial charge in [-0.1, -0.05) is 0 Å². The van der Waals surface area contributed by atoms with Gasteiger partial charge in [-0.2, -0.15) is 4.57 Å². The molecule has 1 rings (SSSR count). The van der Waals surface area contributed by atoms with E-state index in [1.54, 1.807) is 6.20 Å². The molecule has 14 heavy (non-hydrogen) atoms. The third-order valence-electron chi connectivity index (χ3n) is 2.14. The average molecular weight is 198 g/mol. The van der Waals surface area contributed by atoms with Gasteiger partial charge >= 0.3 is 0 Å². The van der Waals surface area contributed by atoms with Crippen LogP contribution >= 0.6 is 0 Å². The van der Waals surface area contributed by atoms with Gasteiger partial charge in [-0.05, 0) is 6.92 Å². The van der Waals surface area contributed by atoms with Gasteiger partial charge in [0.2, 0.25) is 5.75 Å². The van der Waals surface area contributed by atoms with E-state index in [-0.39, 0.29) is 11.5 Å². The number of hydrogen-bond acceptors (Lipinski definition) is 2. The van der Waals surface area contributed by atoms with Gasteiger partial charge in [0.05, 0.1) is 14.1 Å². The molecule has 1 heterocycles. The first-order valence-corrected chi connectivity index (χ1v) is 4.78. The summed E-state index contributed by atoms with van der Waals surface area (Å²) in [4.78, 5) is 1.20. The lowest BCUT2D eigenvalue weighted by Crippen LogP contribution is -3.04. The molecule has 0 aliphatic heterocycles. The Labute approximate surface area is 84.0 Å². The first kappa shape index (κ1) is 10.8. The van der Waals surface area contributed by atoms with Gasteiger partial charge in [0, 0.05) is 6.07 Å². The Morgan fingerprint density at radius 3 is 2.50 bits per heavy atom. The lowest BCUT2D eigenvalue weighted by Gasteiger charge is -2.08. The van der Waals surface area contributed by atoms with E-state index in [2.05, 4.69) is 0 Å². The maximum atomic E-state index is 9.67. The minimum Gasteiger partial charge on any atom is -0.504 e. The van der Waals surface area contributed by atoms with Crippen molar-refractivity contribution in [3.05, 3.63) is 18.0 Å². The van der Waals surface area contributed by atoms with Crippen LogP contribution in [0.25, 0.3) is 0 Å². The molecule has 0 bridgehead atoms. The van der Waals surface area contributed by atoms with Crippen LogP contribution in [-0.2, 0) is 13.1 Å². The Morgan fingerprint density at radius 1 is 1.36 bits per heavy atom. The Hall–Kier alpha value is -1.29. The molecule has 0 atom stereocenters. The highest BCUT2D eigenvalue weighted by Crippen LogP contribution is 2.24. The van der Waals surface area contributed by atoms with E-state index in [1.165, 1.54) is 11.0 Å². The van der Waals surface area contributed by atoms with E-state index in [0.717, 1.165) is 12.2 Å². The highest BCUT2D eigenvalue weighted by molar-refractivity contribution is 5.36. The molecule has 0 spiro atoms. The van der Waals surface area contributed by atoms with Crippen molar-refractivity contribution in [1.29, 1.82) is 0 Å². The summed E-state index contributed by atoms with van der Waals surface area (Å²) < 4.78 is 1.93. The zero-order valence-corrected chi connectivity index (χ0v) is 8.91. The lowest BCUT2D eigenvalue weighted by atomic mass is 10.2. The van der Waals surface area contributed by atoms with Crippen molar-refractivity contribution in [2.24, 2.45) is 0 Å². The first-order chi connectivity index (χ1) is 6.56. The third kappa shape index (κ3) is 2.14. The van der Waals surface area contributed by atoms with Crippen molar-refractivity contribution in [2.45, 2.75) is 20.0 Å². The summed E-state index contributed by atoms with van der Waals surface area (Å²) in [5.41, 5.74) is 0.771. The van der Waals surface area contributed by atoms with Gasteiger partial charge in [-0.15, -0.1) is 0 Å². The van der Waals surface area contributed by atoms with Crippen molar-refractivity contribution < 1.29 is 19.7 Å². The van der Waals surface area contributed by atoms with Crippen LogP contribution < -0.4 is 9.47 Å². The molecule has 0 radical (unpaired) electrons. The summed E-state index contributed by atoms with van der Waals surface area (Å²) in [7, 11) is 4.01. The Balaban J connectivity index is 3.14. The van der Waals surface area contributed by atoms with E-state index in [4.69, 9.17) is 0 Å². The summed E-state index contributed by atoms with van der Waals surface area (Å²) in [6.45, 7) is 3.48. The second-order valence-electron chi connectivity index (χ2n) is 3.67. The maximum absolute atomic E-state index is 9.67. The molecular weight excluding hydrogens is 180 g/mol. The van der Waals surface area contributed by atoms with E-state index < -0.39 is 0 Å². The van der Waals surface area contributed by atoms with Gasteiger partial charge in [0.25, 0.3) is 5.69 Å². The molecule has 78 valence electrons. The molecule has 3 N–H and O–H groups in total. The molecule has 0 saturated heterocycles. The van der Waals surface area contributed by atoms with Crippen molar-refractivity contribution in [1.82, 2.24) is 0 Å². The number of nitrogens with zero attached hydrogens (tertiary/aromatic N) is 1. The molecular formula is C10H18N2O2+2. The van der Waals surface area contributed by atoms with Gasteiger partial charge in [-0.25, -0.2) is 0 Å². The number of quaternary nitrogens is 1. The van der Waals surface area contributed by atoms with Gasteiger partial charge in [0.1, 0.15) is 6.54 Å². The summed E-state index contributed by atoms with van der Waals surface area (Å²) in [6.07, 6.45) is 1.79. The summed E-state index contributed by atoms with van der Waals surface area (Å²) in [6, 6.07) is 1.51. The van der Waals surface area contributed by atoms with E-state index >= 15 is 0 Å². The molecule has 1 aromatic heterocycles. The van der Waals surface area contributed by atoms with Crippen LogP contribution in [-0.4, -0.2) is 24.3 Å². The second-order valence-corrected chi connectivity index (χ2v) is 3.67. The van der Waals surface area contributed by atoms with Crippen LogP contribution in [0.2, 0.25) is 0 Å². The predicted molar refractivity (Wildman–Crippen MR) is 52.2 cm³/mol. The SMILES string of the molecule is CC[n+]1ccc(O)c(O)c1C[NH+](C)C. The van der Waals surface area contributed by atoms with E-state index in [9.17, 15) is 10.2 Å². The number of pyridine rings is 1. The summed E-state index contributed by atoms with van der Waals surface area (Å²) >= 11 is 0. The van der Waals surface area contributed by atoms with E-state index in [1.807, 2.05) is 25.6 Å². The minimum atomic E-state index is -0.0500. The fourth-order valence-corrected chi connectivity index (χ4v) is 1.43. The van der Waals surface area contributed by atoms with E-state index in [0.29, 0.717) is 6.54 Å². The lowest BCUT2D eigenvalue weighted by molar-refractivity contribution is -0.885. The van der Waals surface area contributed by atoms with Crippen molar-refractivity contribution >= 4 is 0 Å². The number of aromatic hydroxyl groups is 2. The summed E-state index contributed by atoms with van der Waals surface area (Å²) in [5, 5.41) is 19.0. The van der Waals surface area contributed by atoms with Crippen LogP contribution in [0.15, 0.2) is 12.3 Å². The Bertz CT molecular complexity index is 324. The van der Waals surface area contributed by atoms with Crippen molar-refractivity contribution in [2.75, 3.05) is 14.1 Å². The summed E-state index contributed by atoms with van der Waals surface area (Å²) in [5.74, 6) is -0.0542. The minimum absolute atomic E-state index is 0.00412. The fraction of sp³-hybridized carbons (Fsp3) is 0.500. The number of aryl methyl sites for hydroxylation is 1. The molecule has 0 saturated carbocycles. The van der Waals surface area contributed by atoms with Crippen LogP contribution in [0.5, 0.6) is 11.5 Å². The highest BCUT2D eigenvalue weighted by Gasteiger charge is 2.20. The van der Waals surface area contributed by atoms with Crippen LogP contribution in [0.1, 0.15) is 12.6 Å². The third-order valence-corrected chi connectivity index (χ3v) is 2.14. The van der Waals surface area contributed by atoms with Crippen LogP contribution in [0, 0.1) is 0 Å². The number of rotatable bonds is 3. The standard InChI is InChI=1S/C10H16N2O2/c1-4-12-6-5-9(13)10(14)8(12)7-11(2)3/h5-6,14H,4,7H2,1-3H3/p+2. The molecule has 0 aliphatic rings. The highest BCUT2D eigenvalue weighted by atomic mass is 16.3. The topological polar surface area (TPSA) is 48.8 Å². The monoisotopic (exact) mass is 198 g/mol. The van der Waals surface area contributed by atoms with Crippen LogP contribution in [0.4, 0.5) is 0 Å². The van der Waals surface area contributed by atoms with Gasteiger partial charge in [-0.3, -0.25) is 0 Å². The Kier molecular flexibility index (Phi) is 3.30. The Morgan fingerprint density at radius 2 is 2.00 bits per heavy atom. The first-order valence-electron chi connectivity index (χ1n) is 4.78. The second kappa shape index (κ2) is 4.28. The molecule has 0 aliphatic carbocycles. The molecule has 0 amide bonds. The molecule has 4 heteroatoms. The molecule has 0 fully saturated rings. The maximum Gasteiger partial charge on any atom is 0.282 e. The largest absolute Gasteiger partial charge is 0.504 e. The molecule has 0 unspecified atom stereocenters. The number of aromatic nitrogens is 1. The molecule has 1 aromatic rings. The fourth-order valence-electron chi connectivity index (χ4n) is 1.43. The average Bonchev–Trinajstić information content (AvgIpc) is 2.13.